The van der Waals surface area contributed by atoms with E-state index in [2.05, 4.69) is 10.3 Å². The van der Waals surface area contributed by atoms with Crippen molar-refractivity contribution in [2.24, 2.45) is 0 Å². The van der Waals surface area contributed by atoms with Crippen LogP contribution in [0.2, 0.25) is 0 Å². The van der Waals surface area contributed by atoms with E-state index in [-0.39, 0.29) is 11.8 Å². The number of methoxy groups -OCH3 is 1. The summed E-state index contributed by atoms with van der Waals surface area (Å²) in [5, 5.41) is 2.83. The molecule has 3 rings (SSSR count). The Bertz CT molecular complexity index is 1020. The number of anilines is 2. The molecule has 2 aromatic carbocycles. The van der Waals surface area contributed by atoms with Gasteiger partial charge in [0.1, 0.15) is 5.75 Å². The van der Waals surface area contributed by atoms with Crippen LogP contribution in [0.25, 0.3) is 0 Å². The summed E-state index contributed by atoms with van der Waals surface area (Å²) in [6.07, 6.45) is 2.91. The standard InChI is InChI=1S/C23H23N3O3/c1-4-26(19-8-6-5-7-9-19)23(28)18-13-17(14-24-15-18)22(27)25-20-12-16(2)10-11-21(20)29-3/h5-15H,4H2,1-3H3,(H,25,27). The van der Waals surface area contributed by atoms with E-state index in [4.69, 9.17) is 4.74 Å². The minimum Gasteiger partial charge on any atom is -0.495 e. The molecule has 3 aromatic rings. The van der Waals surface area contributed by atoms with Crippen molar-refractivity contribution in [3.63, 3.8) is 0 Å². The summed E-state index contributed by atoms with van der Waals surface area (Å²) in [4.78, 5) is 31.5. The van der Waals surface area contributed by atoms with Crippen molar-refractivity contribution in [1.29, 1.82) is 0 Å². The number of carbonyl (C=O) groups excluding carboxylic acids is 2. The van der Waals surface area contributed by atoms with Gasteiger partial charge in [-0.15, -0.1) is 0 Å². The first-order chi connectivity index (χ1) is 14.0. The first-order valence-corrected chi connectivity index (χ1v) is 9.31. The third kappa shape index (κ3) is 4.60. The maximum atomic E-state index is 13.0. The average Bonchev–Trinajstić information content (AvgIpc) is 2.75. The van der Waals surface area contributed by atoms with Gasteiger partial charge in [0.15, 0.2) is 0 Å². The Morgan fingerprint density at radius 1 is 1.03 bits per heavy atom. The first kappa shape index (κ1) is 20.1. The molecule has 1 heterocycles. The lowest BCUT2D eigenvalue weighted by molar-refractivity contribution is 0.0988. The van der Waals surface area contributed by atoms with Crippen LogP contribution in [0.1, 0.15) is 33.2 Å². The Kier molecular flexibility index (Phi) is 6.24. The summed E-state index contributed by atoms with van der Waals surface area (Å²) in [6, 6.07) is 16.5. The number of aryl methyl sites for hydroxylation is 1. The molecule has 2 amide bonds. The van der Waals surface area contributed by atoms with Crippen molar-refractivity contribution in [2.45, 2.75) is 13.8 Å². The van der Waals surface area contributed by atoms with Gasteiger partial charge in [0.05, 0.1) is 23.9 Å². The van der Waals surface area contributed by atoms with Crippen LogP contribution in [0.15, 0.2) is 67.0 Å². The van der Waals surface area contributed by atoms with Crippen LogP contribution in [-0.4, -0.2) is 30.5 Å². The minimum absolute atomic E-state index is 0.214. The average molecular weight is 389 g/mol. The summed E-state index contributed by atoms with van der Waals surface area (Å²) in [6.45, 7) is 4.33. The summed E-state index contributed by atoms with van der Waals surface area (Å²) >= 11 is 0. The van der Waals surface area contributed by atoms with Crippen LogP contribution in [0.3, 0.4) is 0 Å². The second-order valence-corrected chi connectivity index (χ2v) is 6.51. The summed E-state index contributed by atoms with van der Waals surface area (Å²) in [5.74, 6) is -0.0156. The number of nitrogens with one attached hydrogen (secondary N) is 1. The predicted molar refractivity (Wildman–Crippen MR) is 114 cm³/mol. The van der Waals surface area contributed by atoms with Crippen LogP contribution in [0, 0.1) is 6.92 Å². The van der Waals surface area contributed by atoms with E-state index in [1.165, 1.54) is 12.4 Å². The molecule has 1 aromatic heterocycles. The Morgan fingerprint density at radius 3 is 2.45 bits per heavy atom. The molecule has 0 saturated carbocycles. The molecule has 0 spiro atoms. The van der Waals surface area contributed by atoms with Gasteiger partial charge in [0, 0.05) is 24.6 Å². The topological polar surface area (TPSA) is 71.5 Å². The van der Waals surface area contributed by atoms with Crippen molar-refractivity contribution in [3.8, 4) is 5.75 Å². The zero-order valence-corrected chi connectivity index (χ0v) is 16.7. The zero-order valence-electron chi connectivity index (χ0n) is 16.7. The smallest absolute Gasteiger partial charge is 0.259 e. The highest BCUT2D eigenvalue weighted by Crippen LogP contribution is 2.26. The Balaban J connectivity index is 1.84. The van der Waals surface area contributed by atoms with Crippen molar-refractivity contribution >= 4 is 23.2 Å². The molecular formula is C23H23N3O3. The van der Waals surface area contributed by atoms with E-state index in [1.807, 2.05) is 56.3 Å². The largest absolute Gasteiger partial charge is 0.495 e. The van der Waals surface area contributed by atoms with E-state index in [9.17, 15) is 9.59 Å². The van der Waals surface area contributed by atoms with E-state index >= 15 is 0 Å². The molecule has 0 fully saturated rings. The Hall–Kier alpha value is -3.67. The molecule has 1 N–H and O–H groups in total. The van der Waals surface area contributed by atoms with E-state index < -0.39 is 0 Å². The van der Waals surface area contributed by atoms with Gasteiger partial charge in [-0.05, 0) is 49.7 Å². The predicted octanol–water partition coefficient (Wildman–Crippen LogP) is 4.32. The molecule has 0 bridgehead atoms. The van der Waals surface area contributed by atoms with Crippen LogP contribution < -0.4 is 15.0 Å². The molecule has 0 radical (unpaired) electrons. The van der Waals surface area contributed by atoms with Crippen LogP contribution in [-0.2, 0) is 0 Å². The van der Waals surface area contributed by atoms with Gasteiger partial charge in [-0.1, -0.05) is 24.3 Å². The van der Waals surface area contributed by atoms with Gasteiger partial charge < -0.3 is 15.0 Å². The highest BCUT2D eigenvalue weighted by Gasteiger charge is 2.18. The number of para-hydroxylation sites is 1. The maximum Gasteiger partial charge on any atom is 0.259 e. The van der Waals surface area contributed by atoms with E-state index in [0.717, 1.165) is 11.3 Å². The number of ether oxygens (including phenoxy) is 1. The lowest BCUT2D eigenvalue weighted by atomic mass is 10.1. The van der Waals surface area contributed by atoms with Crippen LogP contribution >= 0.6 is 0 Å². The van der Waals surface area contributed by atoms with E-state index in [0.29, 0.717) is 29.1 Å². The number of amides is 2. The molecule has 6 nitrogen and oxygen atoms in total. The molecule has 0 aliphatic carbocycles. The number of carbonyl (C=O) groups is 2. The molecule has 0 aliphatic heterocycles. The molecule has 0 atom stereocenters. The molecule has 6 heteroatoms. The van der Waals surface area contributed by atoms with Crippen molar-refractivity contribution in [2.75, 3.05) is 23.9 Å². The summed E-state index contributed by atoms with van der Waals surface area (Å²) < 4.78 is 5.30. The number of aromatic nitrogens is 1. The molecular weight excluding hydrogens is 366 g/mol. The number of benzene rings is 2. The third-order valence-electron chi connectivity index (χ3n) is 4.48. The Morgan fingerprint density at radius 2 is 1.76 bits per heavy atom. The van der Waals surface area contributed by atoms with Crippen LogP contribution in [0.5, 0.6) is 5.75 Å². The lowest BCUT2D eigenvalue weighted by Gasteiger charge is -2.21. The van der Waals surface area contributed by atoms with Crippen molar-refractivity contribution < 1.29 is 14.3 Å². The fraction of sp³-hybridized carbons (Fsp3) is 0.174. The normalized spacial score (nSPS) is 10.3. The maximum absolute atomic E-state index is 13.0. The zero-order chi connectivity index (χ0) is 20.8. The SMILES string of the molecule is CCN(C(=O)c1cncc(C(=O)Nc2cc(C)ccc2OC)c1)c1ccccc1. The summed E-state index contributed by atoms with van der Waals surface area (Å²) in [7, 11) is 1.55. The fourth-order valence-corrected chi connectivity index (χ4v) is 3.00. The molecule has 0 unspecified atom stereocenters. The molecule has 29 heavy (non-hydrogen) atoms. The second kappa shape index (κ2) is 9.01. The number of hydrogen-bond donors (Lipinski definition) is 1. The van der Waals surface area contributed by atoms with Gasteiger partial charge in [0.25, 0.3) is 11.8 Å². The Labute approximate surface area is 170 Å². The molecule has 0 aliphatic rings. The number of pyridine rings is 1. The van der Waals surface area contributed by atoms with Crippen LogP contribution in [0.4, 0.5) is 11.4 Å². The number of hydrogen-bond acceptors (Lipinski definition) is 4. The molecule has 148 valence electrons. The fourth-order valence-electron chi connectivity index (χ4n) is 3.00. The van der Waals surface area contributed by atoms with E-state index in [1.54, 1.807) is 24.1 Å². The number of nitrogens with zero attached hydrogens (tertiary/aromatic N) is 2. The van der Waals surface area contributed by atoms with Crippen molar-refractivity contribution in [1.82, 2.24) is 4.98 Å². The van der Waals surface area contributed by atoms with Crippen molar-refractivity contribution in [3.05, 3.63) is 83.7 Å². The second-order valence-electron chi connectivity index (χ2n) is 6.51. The number of rotatable bonds is 6. The quantitative estimate of drug-likeness (QED) is 0.682. The highest BCUT2D eigenvalue weighted by atomic mass is 16.5. The lowest BCUT2D eigenvalue weighted by Crippen LogP contribution is -2.31. The molecule has 0 saturated heterocycles. The highest BCUT2D eigenvalue weighted by molar-refractivity contribution is 6.09. The van der Waals surface area contributed by atoms with Gasteiger partial charge in [-0.25, -0.2) is 0 Å². The third-order valence-corrected chi connectivity index (χ3v) is 4.48. The van der Waals surface area contributed by atoms with Gasteiger partial charge >= 0.3 is 0 Å². The monoisotopic (exact) mass is 389 g/mol. The van der Waals surface area contributed by atoms with Gasteiger partial charge in [0.2, 0.25) is 0 Å². The van der Waals surface area contributed by atoms with Gasteiger partial charge in [-0.2, -0.15) is 0 Å². The first-order valence-electron chi connectivity index (χ1n) is 9.31. The summed E-state index contributed by atoms with van der Waals surface area (Å²) in [5.41, 5.74) is 2.99. The van der Waals surface area contributed by atoms with Gasteiger partial charge in [-0.3, -0.25) is 14.6 Å². The minimum atomic E-state index is -0.362.